The highest BCUT2D eigenvalue weighted by Gasteiger charge is 2.19. The Bertz CT molecular complexity index is 1210. The van der Waals surface area contributed by atoms with Gasteiger partial charge < -0.3 is 4.74 Å². The van der Waals surface area contributed by atoms with Crippen molar-refractivity contribution in [3.8, 4) is 22.8 Å². The predicted molar refractivity (Wildman–Crippen MR) is 113 cm³/mol. The minimum Gasteiger partial charge on any atom is -0.494 e. The van der Waals surface area contributed by atoms with Crippen LogP contribution in [0.4, 0.5) is 0 Å². The number of nitrogens with zero attached hydrogens (tertiary/aromatic N) is 6. The Morgan fingerprint density at radius 3 is 2.60 bits per heavy atom. The average molecular weight is 402 g/mol. The van der Waals surface area contributed by atoms with Crippen LogP contribution in [0.3, 0.4) is 0 Å². The normalized spacial score (nSPS) is 12.0. The lowest BCUT2D eigenvalue weighted by molar-refractivity contribution is 0.411. The fourth-order valence-corrected chi connectivity index (χ4v) is 3.39. The van der Waals surface area contributed by atoms with E-state index in [0.717, 1.165) is 23.2 Å². The Hall–Kier alpha value is -3.81. The summed E-state index contributed by atoms with van der Waals surface area (Å²) in [5, 5.41) is 8.81. The Balaban J connectivity index is 1.73. The monoisotopic (exact) mass is 402 g/mol. The molecule has 1 unspecified atom stereocenters. The third-order valence-electron chi connectivity index (χ3n) is 4.94. The number of ether oxygens (including phenoxy) is 1. The summed E-state index contributed by atoms with van der Waals surface area (Å²) in [6.45, 7) is 2.05. The van der Waals surface area contributed by atoms with Crippen LogP contribution in [-0.4, -0.2) is 36.6 Å². The van der Waals surface area contributed by atoms with E-state index in [0.29, 0.717) is 17.3 Å². The Labute approximate surface area is 173 Å². The number of hydrogen-bond acceptors (Lipinski definition) is 6. The Kier molecular flexibility index (Phi) is 5.38. The van der Waals surface area contributed by atoms with E-state index in [1.165, 1.54) is 0 Å². The molecule has 0 fully saturated rings. The van der Waals surface area contributed by atoms with Gasteiger partial charge in [0.2, 0.25) is 5.43 Å². The summed E-state index contributed by atoms with van der Waals surface area (Å²) < 4.78 is 8.51. The first-order valence-corrected chi connectivity index (χ1v) is 9.64. The fraction of sp³-hybridized carbons (Fsp3) is 0.227. The molecule has 3 heterocycles. The van der Waals surface area contributed by atoms with Gasteiger partial charge in [-0.2, -0.15) is 10.2 Å². The fourth-order valence-electron chi connectivity index (χ4n) is 3.39. The average Bonchev–Trinajstić information content (AvgIpc) is 3.22. The van der Waals surface area contributed by atoms with E-state index in [-0.39, 0.29) is 11.3 Å². The lowest BCUT2D eigenvalue weighted by Gasteiger charge is -2.16. The quantitative estimate of drug-likeness (QED) is 0.493. The van der Waals surface area contributed by atoms with E-state index in [4.69, 9.17) is 4.74 Å². The van der Waals surface area contributed by atoms with Crippen molar-refractivity contribution in [1.82, 2.24) is 29.5 Å². The molecule has 0 N–H and O–H groups in total. The zero-order valence-corrected chi connectivity index (χ0v) is 17.1. The van der Waals surface area contributed by atoms with Gasteiger partial charge in [0, 0.05) is 30.8 Å². The summed E-state index contributed by atoms with van der Waals surface area (Å²) in [5.74, 6) is 1.05. The van der Waals surface area contributed by atoms with Crippen molar-refractivity contribution >= 4 is 0 Å². The smallest absolute Gasteiger partial charge is 0.203 e. The molecule has 0 radical (unpaired) electrons. The molecule has 0 aliphatic carbocycles. The number of benzene rings is 1. The van der Waals surface area contributed by atoms with Crippen LogP contribution < -0.4 is 10.2 Å². The van der Waals surface area contributed by atoms with E-state index >= 15 is 0 Å². The minimum absolute atomic E-state index is 0.0897. The van der Waals surface area contributed by atoms with Gasteiger partial charge in [0.1, 0.15) is 11.4 Å². The maximum atomic E-state index is 12.7. The highest BCUT2D eigenvalue weighted by molar-refractivity contribution is 5.57. The molecule has 0 aliphatic rings. The minimum atomic E-state index is -0.153. The van der Waals surface area contributed by atoms with Gasteiger partial charge in [-0.1, -0.05) is 25.1 Å². The third-order valence-corrected chi connectivity index (χ3v) is 4.94. The molecule has 1 atom stereocenters. The van der Waals surface area contributed by atoms with Crippen molar-refractivity contribution in [1.29, 1.82) is 0 Å². The maximum Gasteiger partial charge on any atom is 0.203 e. The second-order valence-electron chi connectivity index (χ2n) is 6.91. The van der Waals surface area contributed by atoms with E-state index in [2.05, 4.69) is 20.2 Å². The van der Waals surface area contributed by atoms with Crippen molar-refractivity contribution in [2.24, 2.45) is 7.05 Å². The van der Waals surface area contributed by atoms with Gasteiger partial charge in [0.05, 0.1) is 31.9 Å². The third kappa shape index (κ3) is 3.84. The molecule has 0 bridgehead atoms. The van der Waals surface area contributed by atoms with Crippen molar-refractivity contribution in [2.75, 3.05) is 7.11 Å². The van der Waals surface area contributed by atoms with Gasteiger partial charge in [-0.25, -0.2) is 14.6 Å². The zero-order chi connectivity index (χ0) is 21.1. The predicted octanol–water partition coefficient (Wildman–Crippen LogP) is 2.97. The lowest BCUT2D eigenvalue weighted by Crippen LogP contribution is -2.20. The van der Waals surface area contributed by atoms with Gasteiger partial charge in [-0.3, -0.25) is 9.48 Å². The summed E-state index contributed by atoms with van der Waals surface area (Å²) in [6, 6.07) is 9.46. The van der Waals surface area contributed by atoms with Crippen LogP contribution in [0.15, 0.2) is 66.1 Å². The zero-order valence-electron chi connectivity index (χ0n) is 17.1. The van der Waals surface area contributed by atoms with E-state index in [9.17, 15) is 4.79 Å². The number of methoxy groups -OCH3 is 1. The molecule has 8 heteroatoms. The van der Waals surface area contributed by atoms with E-state index < -0.39 is 0 Å². The molecule has 30 heavy (non-hydrogen) atoms. The van der Waals surface area contributed by atoms with Gasteiger partial charge in [-0.05, 0) is 18.1 Å². The van der Waals surface area contributed by atoms with Crippen molar-refractivity contribution in [3.63, 3.8) is 0 Å². The molecule has 0 spiro atoms. The molecule has 4 rings (SSSR count). The van der Waals surface area contributed by atoms with Crippen LogP contribution in [-0.2, 0) is 7.05 Å². The van der Waals surface area contributed by atoms with Crippen molar-refractivity contribution in [2.45, 2.75) is 19.3 Å². The van der Waals surface area contributed by atoms with Crippen LogP contribution in [0.25, 0.3) is 17.1 Å². The first kappa shape index (κ1) is 19.5. The number of hydrogen-bond donors (Lipinski definition) is 0. The molecule has 152 valence electrons. The molecule has 0 aliphatic heterocycles. The van der Waals surface area contributed by atoms with E-state index in [1.807, 2.05) is 44.4 Å². The second-order valence-corrected chi connectivity index (χ2v) is 6.91. The van der Waals surface area contributed by atoms with Gasteiger partial charge in [0.25, 0.3) is 0 Å². The molecule has 0 saturated carbocycles. The van der Waals surface area contributed by atoms with Crippen molar-refractivity contribution < 1.29 is 4.74 Å². The van der Waals surface area contributed by atoms with E-state index in [1.54, 1.807) is 47.3 Å². The SMILES string of the molecule is CCC(c1cccc(-c2ncc(OC)cn2)c1)c1nn(-c2cnn(C)c2)ccc1=O. The first-order valence-electron chi connectivity index (χ1n) is 9.64. The standard InChI is InChI=1S/C22H22N6O2/c1-4-19(21-20(29)8-9-28(26-21)17-11-25-27(2)14-17)15-6-5-7-16(10-15)22-23-12-18(30-3)13-24-22/h5-14,19H,4H2,1-3H3. The summed E-state index contributed by atoms with van der Waals surface area (Å²) in [4.78, 5) is 21.4. The molecular formula is C22H22N6O2. The largest absolute Gasteiger partial charge is 0.494 e. The Morgan fingerprint density at radius 1 is 1.13 bits per heavy atom. The first-order chi connectivity index (χ1) is 14.6. The summed E-state index contributed by atoms with van der Waals surface area (Å²) in [6.07, 6.45) is 9.23. The molecular weight excluding hydrogens is 380 g/mol. The molecule has 0 amide bonds. The van der Waals surface area contributed by atoms with Crippen LogP contribution in [0, 0.1) is 0 Å². The summed E-state index contributed by atoms with van der Waals surface area (Å²) >= 11 is 0. The molecule has 0 saturated heterocycles. The maximum absolute atomic E-state index is 12.7. The Morgan fingerprint density at radius 2 is 1.93 bits per heavy atom. The van der Waals surface area contributed by atoms with Gasteiger partial charge >= 0.3 is 0 Å². The van der Waals surface area contributed by atoms with Crippen LogP contribution in [0.2, 0.25) is 0 Å². The van der Waals surface area contributed by atoms with Crippen LogP contribution in [0.5, 0.6) is 5.75 Å². The lowest BCUT2D eigenvalue weighted by atomic mass is 9.91. The molecule has 3 aromatic heterocycles. The van der Waals surface area contributed by atoms with Gasteiger partial charge in [0.15, 0.2) is 11.6 Å². The number of rotatable bonds is 6. The topological polar surface area (TPSA) is 87.7 Å². The van der Waals surface area contributed by atoms with Crippen LogP contribution >= 0.6 is 0 Å². The summed E-state index contributed by atoms with van der Waals surface area (Å²) in [7, 11) is 3.42. The molecule has 1 aromatic carbocycles. The molecule has 4 aromatic rings. The van der Waals surface area contributed by atoms with Crippen LogP contribution in [0.1, 0.15) is 30.5 Å². The number of aromatic nitrogens is 6. The summed E-state index contributed by atoms with van der Waals surface area (Å²) in [5.41, 5.74) is 3.07. The number of aryl methyl sites for hydroxylation is 1. The highest BCUT2D eigenvalue weighted by Crippen LogP contribution is 2.28. The highest BCUT2D eigenvalue weighted by atomic mass is 16.5. The molecule has 8 nitrogen and oxygen atoms in total. The van der Waals surface area contributed by atoms with Gasteiger partial charge in [-0.15, -0.1) is 0 Å². The van der Waals surface area contributed by atoms with Crippen molar-refractivity contribution in [3.05, 3.63) is 82.8 Å². The second kappa shape index (κ2) is 8.28.